The molecule has 0 atom stereocenters. The first-order valence-electron chi connectivity index (χ1n) is 7.97. The van der Waals surface area contributed by atoms with Crippen LogP contribution in [0.4, 0.5) is 14.5 Å². The van der Waals surface area contributed by atoms with Crippen LogP contribution in [0.1, 0.15) is 30.4 Å². The van der Waals surface area contributed by atoms with Gasteiger partial charge in [0.05, 0.1) is 17.3 Å². The monoisotopic (exact) mass is 355 g/mol. The maximum atomic E-state index is 14.1. The largest absolute Gasteiger partial charge is 0.493 e. The van der Waals surface area contributed by atoms with Gasteiger partial charge in [-0.15, -0.1) is 0 Å². The highest BCUT2D eigenvalue weighted by molar-refractivity contribution is 7.78. The van der Waals surface area contributed by atoms with E-state index in [4.69, 9.17) is 4.74 Å². The second kappa shape index (κ2) is 8.02. The molecule has 1 saturated carbocycles. The van der Waals surface area contributed by atoms with E-state index in [1.807, 2.05) is 0 Å². The molecule has 0 heterocycles. The fourth-order valence-electron chi connectivity index (χ4n) is 2.42. The summed E-state index contributed by atoms with van der Waals surface area (Å²) in [6.07, 6.45) is 3.60. The van der Waals surface area contributed by atoms with Gasteiger partial charge in [-0.05, 0) is 61.3 Å². The zero-order chi connectivity index (χ0) is 17.6. The van der Waals surface area contributed by atoms with Gasteiger partial charge in [0.25, 0.3) is 0 Å². The minimum Gasteiger partial charge on any atom is -0.493 e. The number of nitrogens with zero attached hydrogens (tertiary/aromatic N) is 1. The first-order chi connectivity index (χ1) is 12.2. The fourth-order valence-corrected chi connectivity index (χ4v) is 2.52. The van der Waals surface area contributed by atoms with Crippen molar-refractivity contribution < 1.29 is 13.5 Å². The number of rotatable bonds is 4. The van der Waals surface area contributed by atoms with Gasteiger partial charge in [-0.3, -0.25) is 0 Å². The molecule has 0 bridgehead atoms. The molecule has 1 aliphatic rings. The van der Waals surface area contributed by atoms with Crippen LogP contribution in [0.2, 0.25) is 0 Å². The molecule has 0 aliphatic heterocycles. The first-order valence-corrected chi connectivity index (χ1v) is 8.38. The molecule has 1 aliphatic carbocycles. The Morgan fingerprint density at radius 2 is 1.92 bits per heavy atom. The summed E-state index contributed by atoms with van der Waals surface area (Å²) in [5.41, 5.74) is 0.752. The first kappa shape index (κ1) is 17.3. The van der Waals surface area contributed by atoms with Gasteiger partial charge in [-0.2, -0.15) is 4.99 Å². The number of hydrogen-bond acceptors (Lipinski definition) is 3. The molecule has 0 N–H and O–H groups in total. The summed E-state index contributed by atoms with van der Waals surface area (Å²) in [5, 5.41) is 2.11. The number of ether oxygens (including phenoxy) is 1. The summed E-state index contributed by atoms with van der Waals surface area (Å²) in [4.78, 5) is 3.60. The van der Waals surface area contributed by atoms with Crippen molar-refractivity contribution in [3.63, 3.8) is 0 Å². The highest BCUT2D eigenvalue weighted by Gasteiger charge is 2.18. The number of hydrogen-bond donors (Lipinski definition) is 0. The highest BCUT2D eigenvalue weighted by Crippen LogP contribution is 2.27. The maximum Gasteiger partial charge on any atom is 0.150 e. The van der Waals surface area contributed by atoms with Gasteiger partial charge in [0.1, 0.15) is 17.3 Å². The predicted molar refractivity (Wildman–Crippen MR) is 96.3 cm³/mol. The molecular weight excluding hydrogens is 340 g/mol. The lowest BCUT2D eigenvalue weighted by molar-refractivity contribution is 0.180. The Kier molecular flexibility index (Phi) is 5.55. The van der Waals surface area contributed by atoms with Crippen molar-refractivity contribution in [2.75, 3.05) is 6.61 Å². The Morgan fingerprint density at radius 1 is 1.08 bits per heavy atom. The zero-order valence-corrected chi connectivity index (χ0v) is 14.2. The average Bonchev–Trinajstić information content (AvgIpc) is 2.55. The van der Waals surface area contributed by atoms with Gasteiger partial charge in [-0.1, -0.05) is 18.3 Å². The van der Waals surface area contributed by atoms with Crippen molar-refractivity contribution in [3.05, 3.63) is 59.2 Å². The van der Waals surface area contributed by atoms with Gasteiger partial charge >= 0.3 is 0 Å². The summed E-state index contributed by atoms with van der Waals surface area (Å²) >= 11 is 4.45. The molecule has 5 heteroatoms. The van der Waals surface area contributed by atoms with Gasteiger partial charge in [0.15, 0.2) is 5.82 Å². The summed E-state index contributed by atoms with van der Waals surface area (Å²) in [6, 6.07) is 8.87. The van der Waals surface area contributed by atoms with Gasteiger partial charge in [0.2, 0.25) is 0 Å². The van der Waals surface area contributed by atoms with Gasteiger partial charge in [-0.25, -0.2) is 8.78 Å². The second-order valence-electron chi connectivity index (χ2n) is 5.87. The van der Waals surface area contributed by atoms with Crippen molar-refractivity contribution in [1.82, 2.24) is 0 Å². The topological polar surface area (TPSA) is 21.6 Å². The zero-order valence-electron chi connectivity index (χ0n) is 13.4. The fraction of sp³-hybridized carbons (Fsp3) is 0.250. The average molecular weight is 355 g/mol. The summed E-state index contributed by atoms with van der Waals surface area (Å²) in [7, 11) is 0. The van der Waals surface area contributed by atoms with E-state index < -0.39 is 11.6 Å². The SMILES string of the molecule is Fc1cc(OCC2CCC2)ccc1C#Cc1ccc(N=C=S)c(F)c1. The lowest BCUT2D eigenvalue weighted by Gasteiger charge is -2.25. The molecule has 0 amide bonds. The van der Waals surface area contributed by atoms with E-state index in [9.17, 15) is 8.78 Å². The van der Waals surface area contributed by atoms with Crippen LogP contribution in [0.25, 0.3) is 0 Å². The third-order valence-corrected chi connectivity index (χ3v) is 4.20. The van der Waals surface area contributed by atoms with Crippen LogP contribution in [-0.4, -0.2) is 11.8 Å². The van der Waals surface area contributed by atoms with Crippen molar-refractivity contribution in [1.29, 1.82) is 0 Å². The molecule has 0 aromatic heterocycles. The van der Waals surface area contributed by atoms with Crippen LogP contribution in [-0.2, 0) is 0 Å². The van der Waals surface area contributed by atoms with Crippen molar-refractivity contribution in [2.45, 2.75) is 19.3 Å². The van der Waals surface area contributed by atoms with Crippen LogP contribution in [0.5, 0.6) is 5.75 Å². The lowest BCUT2D eigenvalue weighted by atomic mass is 9.86. The van der Waals surface area contributed by atoms with Crippen molar-refractivity contribution in [2.24, 2.45) is 10.9 Å². The third kappa shape index (κ3) is 4.51. The standard InChI is InChI=1S/C20H15F2NOS/c21-18-11-17(24-12-15-2-1-3-15)8-7-16(18)6-4-14-5-9-20(23-13-25)19(22)10-14/h5,7-11,15H,1-3,12H2. The molecule has 2 nitrogen and oxygen atoms in total. The molecule has 126 valence electrons. The molecule has 0 saturated heterocycles. The Morgan fingerprint density at radius 3 is 2.56 bits per heavy atom. The third-order valence-electron chi connectivity index (χ3n) is 4.11. The summed E-state index contributed by atoms with van der Waals surface area (Å²) < 4.78 is 33.5. The van der Waals surface area contributed by atoms with E-state index >= 15 is 0 Å². The lowest BCUT2D eigenvalue weighted by Crippen LogP contribution is -2.19. The van der Waals surface area contributed by atoms with E-state index in [2.05, 4.69) is 34.2 Å². The Labute approximate surface area is 150 Å². The number of halogens is 2. The van der Waals surface area contributed by atoms with Crippen LogP contribution in [0, 0.1) is 29.4 Å². The molecule has 2 aromatic carbocycles. The molecule has 2 aromatic rings. The Hall–Kier alpha value is -2.54. The maximum absolute atomic E-state index is 14.1. The summed E-state index contributed by atoms with van der Waals surface area (Å²) in [6.45, 7) is 0.625. The molecule has 25 heavy (non-hydrogen) atoms. The molecule has 3 rings (SSSR count). The van der Waals surface area contributed by atoms with Crippen LogP contribution in [0.15, 0.2) is 41.4 Å². The number of isothiocyanates is 1. The Bertz CT molecular complexity index is 890. The van der Waals surface area contributed by atoms with Crippen LogP contribution in [0.3, 0.4) is 0 Å². The molecule has 0 unspecified atom stereocenters. The van der Waals surface area contributed by atoms with Gasteiger partial charge < -0.3 is 4.74 Å². The van der Waals surface area contributed by atoms with Crippen molar-refractivity contribution >= 4 is 23.1 Å². The van der Waals surface area contributed by atoms with E-state index in [0.29, 0.717) is 23.8 Å². The second-order valence-corrected chi connectivity index (χ2v) is 6.05. The number of benzene rings is 2. The number of thiocarbonyl (C=S) groups is 1. The van der Waals surface area contributed by atoms with E-state index in [-0.39, 0.29) is 11.3 Å². The van der Waals surface area contributed by atoms with Crippen LogP contribution < -0.4 is 4.74 Å². The molecule has 1 fully saturated rings. The molecular formula is C20H15F2NOS. The van der Waals surface area contributed by atoms with Crippen LogP contribution >= 0.6 is 12.2 Å². The normalized spacial score (nSPS) is 13.2. The smallest absolute Gasteiger partial charge is 0.150 e. The quantitative estimate of drug-likeness (QED) is 0.423. The van der Waals surface area contributed by atoms with Crippen molar-refractivity contribution in [3.8, 4) is 17.6 Å². The molecule has 0 spiro atoms. The number of aliphatic imine (C=N–C) groups is 1. The van der Waals surface area contributed by atoms with E-state index in [1.54, 1.807) is 18.2 Å². The predicted octanol–water partition coefficient (Wildman–Crippen LogP) is 5.28. The summed E-state index contributed by atoms with van der Waals surface area (Å²) in [5.74, 6) is 5.53. The van der Waals surface area contributed by atoms with E-state index in [0.717, 1.165) is 0 Å². The highest BCUT2D eigenvalue weighted by atomic mass is 32.1. The minimum atomic E-state index is -0.552. The minimum absolute atomic E-state index is 0.0969. The Balaban J connectivity index is 1.71. The van der Waals surface area contributed by atoms with E-state index in [1.165, 1.54) is 37.5 Å². The van der Waals surface area contributed by atoms with Gasteiger partial charge in [0, 0.05) is 11.6 Å². The molecule has 0 radical (unpaired) electrons.